The van der Waals surface area contributed by atoms with Gasteiger partial charge in [-0.15, -0.1) is 0 Å². The Morgan fingerprint density at radius 1 is 1.28 bits per heavy atom. The largest absolute Gasteiger partial charge is 0.394 e. The molecule has 0 aliphatic rings. The van der Waals surface area contributed by atoms with Gasteiger partial charge in [-0.2, -0.15) is 0 Å². The maximum absolute atomic E-state index is 9.51. The van der Waals surface area contributed by atoms with Crippen LogP contribution in [0.15, 0.2) is 0 Å². The number of nitrogens with one attached hydrogen (secondary N) is 1. The van der Waals surface area contributed by atoms with Crippen molar-refractivity contribution in [3.63, 3.8) is 0 Å². The van der Waals surface area contributed by atoms with Crippen molar-refractivity contribution in [3.05, 3.63) is 0 Å². The van der Waals surface area contributed by atoms with Gasteiger partial charge in [0.1, 0.15) is 0 Å². The van der Waals surface area contributed by atoms with E-state index in [0.29, 0.717) is 0 Å². The van der Waals surface area contributed by atoms with E-state index in [2.05, 4.69) is 37.9 Å². The van der Waals surface area contributed by atoms with Gasteiger partial charge in [0.2, 0.25) is 0 Å². The highest BCUT2D eigenvalue weighted by Crippen LogP contribution is 2.17. The topological polar surface area (TPSA) is 35.5 Å². The molecule has 0 aliphatic heterocycles. The molecule has 0 radical (unpaired) electrons. The van der Waals surface area contributed by atoms with Crippen molar-refractivity contribution in [1.82, 2.24) is 10.2 Å². The Bertz CT molecular complexity index is 185. The maximum Gasteiger partial charge on any atom is 0.0613 e. The van der Waals surface area contributed by atoms with Crippen LogP contribution in [0.1, 0.15) is 53.4 Å². The number of rotatable bonds is 11. The van der Waals surface area contributed by atoms with Crippen molar-refractivity contribution < 1.29 is 5.11 Å². The van der Waals surface area contributed by atoms with Gasteiger partial charge in [0.25, 0.3) is 0 Å². The predicted octanol–water partition coefficient (Wildman–Crippen LogP) is 2.50. The Balaban J connectivity index is 4.05. The van der Waals surface area contributed by atoms with E-state index in [9.17, 15) is 5.11 Å². The summed E-state index contributed by atoms with van der Waals surface area (Å²) in [7, 11) is 1.95. The molecule has 0 aromatic rings. The normalized spacial score (nSPS) is 16.8. The van der Waals surface area contributed by atoms with Gasteiger partial charge in [-0.25, -0.2) is 0 Å². The summed E-state index contributed by atoms with van der Waals surface area (Å²) in [5.74, 6) is 0.781. The first-order chi connectivity index (χ1) is 8.57. The second kappa shape index (κ2) is 9.76. The molecule has 0 fully saturated rings. The van der Waals surface area contributed by atoms with E-state index in [0.717, 1.165) is 38.3 Å². The van der Waals surface area contributed by atoms with Gasteiger partial charge in [0.15, 0.2) is 0 Å². The third-order valence-corrected chi connectivity index (χ3v) is 4.35. The standard InChI is InChI=1S/C15H34N2O/c1-6-14(4)12-17(8-3)11-9-10-15(7-2,13-18)16-5/h14,16,18H,6-13H2,1-5H3. The number of likely N-dealkylation sites (N-methyl/N-ethyl adjacent to an activating group) is 1. The highest BCUT2D eigenvalue weighted by atomic mass is 16.3. The summed E-state index contributed by atoms with van der Waals surface area (Å²) >= 11 is 0. The van der Waals surface area contributed by atoms with Crippen LogP contribution in [0.3, 0.4) is 0 Å². The summed E-state index contributed by atoms with van der Waals surface area (Å²) in [6, 6.07) is 0. The first kappa shape index (κ1) is 17.9. The van der Waals surface area contributed by atoms with Gasteiger partial charge in [-0.1, -0.05) is 34.1 Å². The minimum Gasteiger partial charge on any atom is -0.394 e. The molecule has 0 bridgehead atoms. The highest BCUT2D eigenvalue weighted by Gasteiger charge is 2.24. The molecule has 3 nitrogen and oxygen atoms in total. The average molecular weight is 258 g/mol. The Kier molecular flexibility index (Phi) is 9.70. The molecule has 18 heavy (non-hydrogen) atoms. The third kappa shape index (κ3) is 6.17. The summed E-state index contributed by atoms with van der Waals surface area (Å²) in [5.41, 5.74) is -0.0736. The van der Waals surface area contributed by atoms with Crippen LogP contribution in [0.2, 0.25) is 0 Å². The average Bonchev–Trinajstić information content (AvgIpc) is 2.42. The second-order valence-electron chi connectivity index (χ2n) is 5.55. The first-order valence-electron chi connectivity index (χ1n) is 7.59. The molecular weight excluding hydrogens is 224 g/mol. The molecule has 110 valence electrons. The van der Waals surface area contributed by atoms with Gasteiger partial charge in [0, 0.05) is 12.1 Å². The van der Waals surface area contributed by atoms with Gasteiger partial charge >= 0.3 is 0 Å². The molecule has 0 aliphatic carbocycles. The van der Waals surface area contributed by atoms with Crippen LogP contribution >= 0.6 is 0 Å². The van der Waals surface area contributed by atoms with E-state index in [4.69, 9.17) is 0 Å². The Morgan fingerprint density at radius 3 is 2.33 bits per heavy atom. The lowest BCUT2D eigenvalue weighted by atomic mass is 9.91. The monoisotopic (exact) mass is 258 g/mol. The molecule has 0 saturated heterocycles. The van der Waals surface area contributed by atoms with Gasteiger partial charge in [0.05, 0.1) is 6.61 Å². The van der Waals surface area contributed by atoms with Crippen LogP contribution in [0, 0.1) is 5.92 Å². The van der Waals surface area contributed by atoms with Gasteiger partial charge < -0.3 is 15.3 Å². The van der Waals surface area contributed by atoms with Crippen molar-refractivity contribution in [1.29, 1.82) is 0 Å². The molecule has 0 heterocycles. The second-order valence-corrected chi connectivity index (χ2v) is 5.55. The molecular formula is C15H34N2O. The zero-order valence-electron chi connectivity index (χ0n) is 13.1. The summed E-state index contributed by atoms with van der Waals surface area (Å²) in [5, 5.41) is 12.8. The molecule has 0 spiro atoms. The Labute approximate surface area is 114 Å². The third-order valence-electron chi connectivity index (χ3n) is 4.35. The lowest BCUT2D eigenvalue weighted by Crippen LogP contribution is -2.46. The van der Waals surface area contributed by atoms with Crippen molar-refractivity contribution in [3.8, 4) is 0 Å². The fraction of sp³-hybridized carbons (Fsp3) is 1.00. The van der Waals surface area contributed by atoms with Crippen LogP contribution in [0.25, 0.3) is 0 Å². The summed E-state index contributed by atoms with van der Waals surface area (Å²) < 4.78 is 0. The van der Waals surface area contributed by atoms with Crippen LogP contribution in [-0.4, -0.2) is 48.8 Å². The Hall–Kier alpha value is -0.120. The summed E-state index contributed by atoms with van der Waals surface area (Å²) in [6.07, 6.45) is 4.44. The molecule has 2 atom stereocenters. The van der Waals surface area contributed by atoms with Crippen molar-refractivity contribution in [2.45, 2.75) is 58.9 Å². The quantitative estimate of drug-likeness (QED) is 0.598. The molecule has 2 N–H and O–H groups in total. The van der Waals surface area contributed by atoms with Crippen LogP contribution in [0.5, 0.6) is 0 Å². The van der Waals surface area contributed by atoms with E-state index in [1.165, 1.54) is 13.0 Å². The lowest BCUT2D eigenvalue weighted by Gasteiger charge is -2.32. The number of aliphatic hydroxyl groups excluding tert-OH is 1. The molecule has 0 rings (SSSR count). The zero-order valence-corrected chi connectivity index (χ0v) is 13.1. The highest BCUT2D eigenvalue weighted by molar-refractivity contribution is 4.84. The van der Waals surface area contributed by atoms with Crippen LogP contribution < -0.4 is 5.32 Å². The number of hydrogen-bond donors (Lipinski definition) is 2. The fourth-order valence-electron chi connectivity index (χ4n) is 2.34. The van der Waals surface area contributed by atoms with Crippen molar-refractivity contribution in [2.24, 2.45) is 5.92 Å². The maximum atomic E-state index is 9.51. The summed E-state index contributed by atoms with van der Waals surface area (Å²) in [4.78, 5) is 2.53. The van der Waals surface area contributed by atoms with Crippen LogP contribution in [-0.2, 0) is 0 Å². The predicted molar refractivity (Wildman–Crippen MR) is 80.0 cm³/mol. The molecule has 0 saturated carbocycles. The van der Waals surface area contributed by atoms with E-state index < -0.39 is 0 Å². The van der Waals surface area contributed by atoms with Gasteiger partial charge in [-0.3, -0.25) is 0 Å². The molecule has 2 unspecified atom stereocenters. The van der Waals surface area contributed by atoms with E-state index in [1.807, 2.05) is 7.05 Å². The summed E-state index contributed by atoms with van der Waals surface area (Å²) in [6.45, 7) is 12.7. The van der Waals surface area contributed by atoms with E-state index in [-0.39, 0.29) is 12.1 Å². The Morgan fingerprint density at radius 2 is 1.94 bits per heavy atom. The lowest BCUT2D eigenvalue weighted by molar-refractivity contribution is 0.144. The minimum atomic E-state index is -0.0736. The smallest absolute Gasteiger partial charge is 0.0613 e. The molecule has 0 amide bonds. The SMILES string of the molecule is CCC(C)CN(CC)CCCC(CC)(CO)NC. The molecule has 0 aromatic heterocycles. The van der Waals surface area contributed by atoms with Crippen molar-refractivity contribution in [2.75, 3.05) is 33.3 Å². The fourth-order valence-corrected chi connectivity index (χ4v) is 2.34. The van der Waals surface area contributed by atoms with Gasteiger partial charge in [-0.05, 0) is 45.3 Å². The minimum absolute atomic E-state index is 0.0736. The molecule has 0 aromatic carbocycles. The first-order valence-corrected chi connectivity index (χ1v) is 7.59. The van der Waals surface area contributed by atoms with E-state index >= 15 is 0 Å². The number of aliphatic hydroxyl groups is 1. The number of hydrogen-bond acceptors (Lipinski definition) is 3. The van der Waals surface area contributed by atoms with Crippen molar-refractivity contribution >= 4 is 0 Å². The zero-order chi connectivity index (χ0) is 14.0. The van der Waals surface area contributed by atoms with Crippen LogP contribution in [0.4, 0.5) is 0 Å². The van der Waals surface area contributed by atoms with E-state index in [1.54, 1.807) is 0 Å². The number of nitrogens with zero attached hydrogens (tertiary/aromatic N) is 1. The molecule has 3 heteroatoms.